The number of thioether (sulfide) groups is 1. The molecule has 9 heteroatoms. The predicted molar refractivity (Wildman–Crippen MR) is 138 cm³/mol. The zero-order valence-electron chi connectivity index (χ0n) is 19.8. The molecule has 3 heterocycles. The van der Waals surface area contributed by atoms with Gasteiger partial charge in [-0.15, -0.1) is 16.9 Å². The fourth-order valence-corrected chi connectivity index (χ4v) is 4.81. The van der Waals surface area contributed by atoms with Gasteiger partial charge in [-0.1, -0.05) is 30.9 Å². The predicted octanol–water partition coefficient (Wildman–Crippen LogP) is 3.81. The summed E-state index contributed by atoms with van der Waals surface area (Å²) in [4.78, 5) is 31.9. The summed E-state index contributed by atoms with van der Waals surface area (Å²) in [6.07, 6.45) is 12.1. The molecule has 34 heavy (non-hydrogen) atoms. The maximum atomic E-state index is 11.9. The summed E-state index contributed by atoms with van der Waals surface area (Å²) in [5, 5.41) is 3.94. The molecule has 0 atom stereocenters. The van der Waals surface area contributed by atoms with E-state index >= 15 is 0 Å². The second kappa shape index (κ2) is 12.2. The van der Waals surface area contributed by atoms with E-state index in [4.69, 9.17) is 5.73 Å². The Morgan fingerprint density at radius 1 is 1.29 bits per heavy atom. The number of nitrogens with two attached hydrogens (primary N) is 1. The molecule has 1 aromatic heterocycles. The molecular weight excluding hydrogens is 448 g/mol. The average molecular weight is 481 g/mol. The van der Waals surface area contributed by atoms with Gasteiger partial charge in [0.2, 0.25) is 11.7 Å². The van der Waals surface area contributed by atoms with Gasteiger partial charge >= 0.3 is 0 Å². The second-order valence-electron chi connectivity index (χ2n) is 8.00. The largest absolute Gasteiger partial charge is 0.371 e. The maximum Gasteiger partial charge on any atom is 0.288 e. The highest BCUT2D eigenvalue weighted by Gasteiger charge is 2.21. The van der Waals surface area contributed by atoms with Crippen molar-refractivity contribution in [2.45, 2.75) is 37.6 Å². The smallest absolute Gasteiger partial charge is 0.288 e. The summed E-state index contributed by atoms with van der Waals surface area (Å²) < 4.78 is 1.55. The van der Waals surface area contributed by atoms with E-state index in [0.29, 0.717) is 13.0 Å². The van der Waals surface area contributed by atoms with Crippen LogP contribution in [-0.4, -0.2) is 52.5 Å². The lowest BCUT2D eigenvalue weighted by atomic mass is 10.2. The number of carbonyl (C=O) groups is 2. The quantitative estimate of drug-likeness (QED) is 0.632. The molecule has 1 fully saturated rings. The van der Waals surface area contributed by atoms with Gasteiger partial charge in [0, 0.05) is 42.9 Å². The Morgan fingerprint density at radius 3 is 2.71 bits per heavy atom. The van der Waals surface area contributed by atoms with E-state index in [1.54, 1.807) is 22.5 Å². The van der Waals surface area contributed by atoms with Gasteiger partial charge in [0.15, 0.2) is 0 Å². The van der Waals surface area contributed by atoms with Crippen LogP contribution in [0.2, 0.25) is 0 Å². The van der Waals surface area contributed by atoms with E-state index in [1.807, 2.05) is 37.1 Å². The zero-order valence-corrected chi connectivity index (χ0v) is 20.6. The minimum absolute atomic E-state index is 0.0263. The van der Waals surface area contributed by atoms with Gasteiger partial charge in [-0.3, -0.25) is 9.59 Å². The van der Waals surface area contributed by atoms with Crippen LogP contribution in [0, 0.1) is 0 Å². The number of amides is 2. The van der Waals surface area contributed by atoms with Crippen molar-refractivity contribution >= 4 is 35.0 Å². The fourth-order valence-electron chi connectivity index (χ4n) is 3.81. The van der Waals surface area contributed by atoms with Crippen molar-refractivity contribution in [2.75, 3.05) is 35.7 Å². The molecule has 1 saturated heterocycles. The Labute approximate surface area is 205 Å². The summed E-state index contributed by atoms with van der Waals surface area (Å²) in [5.74, 6) is 0.511. The molecule has 2 aromatic rings. The van der Waals surface area contributed by atoms with Gasteiger partial charge in [0.25, 0.3) is 5.91 Å². The van der Waals surface area contributed by atoms with Crippen LogP contribution < -0.4 is 15.5 Å². The summed E-state index contributed by atoms with van der Waals surface area (Å²) in [6.45, 7) is 8.36. The minimum Gasteiger partial charge on any atom is -0.371 e. The highest BCUT2D eigenvalue weighted by atomic mass is 32.2. The van der Waals surface area contributed by atoms with Crippen molar-refractivity contribution in [1.29, 1.82) is 0 Å². The van der Waals surface area contributed by atoms with Crippen LogP contribution in [0.1, 0.15) is 36.8 Å². The Bertz CT molecular complexity index is 1080. The Morgan fingerprint density at radius 2 is 2.06 bits per heavy atom. The number of primary amides is 1. The third-order valence-electron chi connectivity index (χ3n) is 5.54. The highest BCUT2D eigenvalue weighted by molar-refractivity contribution is 7.99. The van der Waals surface area contributed by atoms with Crippen molar-refractivity contribution in [3.05, 3.63) is 66.8 Å². The molecule has 4 rings (SSSR count). The number of benzene rings is 1. The number of fused-ring (bicyclic) bond motifs is 1. The lowest BCUT2D eigenvalue weighted by Crippen LogP contribution is -2.26. The minimum atomic E-state index is -0.626. The molecule has 0 spiro atoms. The van der Waals surface area contributed by atoms with Crippen molar-refractivity contribution in [2.24, 2.45) is 5.73 Å². The molecule has 180 valence electrons. The molecule has 8 nitrogen and oxygen atoms in total. The van der Waals surface area contributed by atoms with Gasteiger partial charge in [0.05, 0.1) is 12.2 Å². The first-order valence-corrected chi connectivity index (χ1v) is 12.3. The zero-order chi connectivity index (χ0) is 24.5. The molecule has 0 unspecified atom stereocenters. The number of carbonyl (C=O) groups excluding carboxylic acids is 2. The van der Waals surface area contributed by atoms with Crippen LogP contribution in [0.5, 0.6) is 0 Å². The van der Waals surface area contributed by atoms with E-state index in [-0.39, 0.29) is 11.7 Å². The standard InChI is InChI=1S/C14H18N2OS.C11H14N4O/c1-15-12-10-11(16-7-2-3-8-16)4-5-13(12)18-9-6-14(15)17;1-3-5-9(6-4-2)7-15-8-13-11(14-15)10(12)16/h4-5,10H,2-3,6-9H2,1H3;3-6,8H,1,7H2,2H3,(H2,12,16)/b;6-4-,9-5+. The highest BCUT2D eigenvalue weighted by Crippen LogP contribution is 2.37. The summed E-state index contributed by atoms with van der Waals surface area (Å²) in [6, 6.07) is 6.54. The molecule has 1 aromatic carbocycles. The van der Waals surface area contributed by atoms with Crippen LogP contribution in [-0.2, 0) is 11.3 Å². The monoisotopic (exact) mass is 480 g/mol. The van der Waals surface area contributed by atoms with Gasteiger partial charge in [-0.2, -0.15) is 0 Å². The Hall–Kier alpha value is -3.33. The number of hydrogen-bond acceptors (Lipinski definition) is 6. The third kappa shape index (κ3) is 6.60. The van der Waals surface area contributed by atoms with Crippen molar-refractivity contribution in [3.8, 4) is 0 Å². The summed E-state index contributed by atoms with van der Waals surface area (Å²) >= 11 is 1.79. The van der Waals surface area contributed by atoms with Crippen molar-refractivity contribution < 1.29 is 9.59 Å². The third-order valence-corrected chi connectivity index (χ3v) is 6.60. The fraction of sp³-hybridized carbons (Fsp3) is 0.360. The van der Waals surface area contributed by atoms with E-state index < -0.39 is 5.91 Å². The molecule has 2 aliphatic rings. The number of rotatable bonds is 6. The van der Waals surface area contributed by atoms with Gasteiger partial charge in [-0.25, -0.2) is 9.67 Å². The van der Waals surface area contributed by atoms with Crippen LogP contribution in [0.15, 0.2) is 65.9 Å². The Balaban J connectivity index is 0.000000192. The maximum absolute atomic E-state index is 11.9. The first-order valence-electron chi connectivity index (χ1n) is 11.3. The van der Waals surface area contributed by atoms with E-state index in [0.717, 1.165) is 30.1 Å². The van der Waals surface area contributed by atoms with Crippen LogP contribution in [0.4, 0.5) is 11.4 Å². The summed E-state index contributed by atoms with van der Waals surface area (Å²) in [5.41, 5.74) is 8.40. The van der Waals surface area contributed by atoms with E-state index in [9.17, 15) is 9.59 Å². The van der Waals surface area contributed by atoms with Gasteiger partial charge < -0.3 is 15.5 Å². The molecule has 2 aliphatic heterocycles. The van der Waals surface area contributed by atoms with Crippen LogP contribution >= 0.6 is 11.8 Å². The SMILES string of the molecule is C=C/C=C(\C=C/C)Cn1cnc(C(N)=O)n1.CN1C(=O)CCSc2ccc(N3CCCC3)cc21. The lowest BCUT2D eigenvalue weighted by molar-refractivity contribution is -0.117. The molecule has 0 aliphatic carbocycles. The second-order valence-corrected chi connectivity index (χ2v) is 9.14. The molecular formula is C25H32N6O2S. The molecule has 0 saturated carbocycles. The van der Waals surface area contributed by atoms with E-state index in [1.165, 1.54) is 29.8 Å². The number of aromatic nitrogens is 3. The number of nitrogens with zero attached hydrogens (tertiary/aromatic N) is 5. The van der Waals surface area contributed by atoms with Crippen molar-refractivity contribution in [3.63, 3.8) is 0 Å². The summed E-state index contributed by atoms with van der Waals surface area (Å²) in [7, 11) is 1.89. The Kier molecular flexibility index (Phi) is 9.09. The normalized spacial score (nSPS) is 16.2. The topological polar surface area (TPSA) is 97.4 Å². The van der Waals surface area contributed by atoms with Crippen molar-refractivity contribution in [1.82, 2.24) is 14.8 Å². The molecule has 2 N–H and O–H groups in total. The van der Waals surface area contributed by atoms with Crippen LogP contribution in [0.25, 0.3) is 0 Å². The van der Waals surface area contributed by atoms with E-state index in [2.05, 4.69) is 39.8 Å². The first kappa shape index (κ1) is 25.3. The molecule has 0 bridgehead atoms. The lowest BCUT2D eigenvalue weighted by Gasteiger charge is -2.22. The number of hydrogen-bond donors (Lipinski definition) is 1. The van der Waals surface area contributed by atoms with Gasteiger partial charge in [0.1, 0.15) is 6.33 Å². The average Bonchev–Trinajstić information content (AvgIpc) is 3.50. The first-order chi connectivity index (χ1) is 16.4. The van der Waals surface area contributed by atoms with Gasteiger partial charge in [-0.05, 0) is 43.5 Å². The molecule has 0 radical (unpaired) electrons. The van der Waals surface area contributed by atoms with Crippen LogP contribution in [0.3, 0.4) is 0 Å². The molecule has 2 amide bonds. The number of allylic oxidation sites excluding steroid dienone is 5. The number of anilines is 2.